The van der Waals surface area contributed by atoms with Crippen LogP contribution in [0.2, 0.25) is 25.2 Å². The van der Waals surface area contributed by atoms with E-state index < -0.39 is 24.2 Å². The number of nitrogens with two attached hydrogens (primary N) is 1. The van der Waals surface area contributed by atoms with Crippen LogP contribution in [-0.4, -0.2) is 33.7 Å². The van der Waals surface area contributed by atoms with E-state index >= 15 is 0 Å². The Bertz CT molecular complexity index is 847. The number of rotatable bonds is 4. The van der Waals surface area contributed by atoms with Gasteiger partial charge >= 0.3 is 11.9 Å². The molecule has 26 heavy (non-hydrogen) atoms. The van der Waals surface area contributed by atoms with Crippen LogP contribution in [0.3, 0.4) is 0 Å². The third-order valence-corrected chi connectivity index (χ3v) is 4.19. The lowest BCUT2D eigenvalue weighted by molar-refractivity contribution is -0.139. The van der Waals surface area contributed by atoms with E-state index in [2.05, 4.69) is 4.98 Å². The lowest BCUT2D eigenvalue weighted by atomic mass is 10.3. The van der Waals surface area contributed by atoms with E-state index in [1.807, 2.05) is 0 Å². The van der Waals surface area contributed by atoms with Crippen molar-refractivity contribution in [2.75, 3.05) is 12.3 Å². The Morgan fingerprint density at radius 2 is 1.69 bits per heavy atom. The summed E-state index contributed by atoms with van der Waals surface area (Å²) in [5, 5.41) is 17.3. The van der Waals surface area contributed by atoms with Gasteiger partial charge in [-0.05, 0) is 18.2 Å². The van der Waals surface area contributed by atoms with E-state index in [-0.39, 0.29) is 20.9 Å². The zero-order chi connectivity index (χ0) is 20.0. The summed E-state index contributed by atoms with van der Waals surface area (Å²) in [5.41, 5.74) is 4.88. The molecule has 0 amide bonds. The Labute approximate surface area is 172 Å². The number of pyridine rings is 1. The minimum Gasteiger partial charge on any atom is -0.480 e. The quantitative estimate of drug-likeness (QED) is 0.559. The van der Waals surface area contributed by atoms with Crippen LogP contribution in [0.1, 0.15) is 10.5 Å². The molecule has 12 heteroatoms. The molecule has 1 heterocycles. The first-order valence-electron chi connectivity index (χ1n) is 6.37. The SMILES string of the molecule is Nc1c(Cl)c(Cl)nc(C(=O)O)c1Cl.O=C(O)COc1ccc(Cl)cc1Cl. The Hall–Kier alpha value is -1.64. The normalized spacial score (nSPS) is 9.88. The molecule has 0 atom stereocenters. The summed E-state index contributed by atoms with van der Waals surface area (Å²) >= 11 is 27.9. The van der Waals surface area contributed by atoms with Gasteiger partial charge in [0.15, 0.2) is 17.5 Å². The number of aromatic carboxylic acids is 1. The van der Waals surface area contributed by atoms with Crippen LogP contribution < -0.4 is 10.5 Å². The largest absolute Gasteiger partial charge is 0.480 e. The second-order valence-corrected chi connectivity index (χ2v) is 6.31. The molecule has 0 radical (unpaired) electrons. The van der Waals surface area contributed by atoms with E-state index in [1.54, 1.807) is 6.07 Å². The van der Waals surface area contributed by atoms with Gasteiger partial charge in [0.2, 0.25) is 0 Å². The number of carbonyl (C=O) groups is 2. The molecule has 0 spiro atoms. The van der Waals surface area contributed by atoms with Gasteiger partial charge in [-0.25, -0.2) is 14.6 Å². The highest BCUT2D eigenvalue weighted by atomic mass is 35.5. The van der Waals surface area contributed by atoms with Crippen molar-refractivity contribution in [3.8, 4) is 5.75 Å². The Morgan fingerprint density at radius 1 is 1.08 bits per heavy atom. The van der Waals surface area contributed by atoms with Crippen LogP contribution in [0, 0.1) is 0 Å². The van der Waals surface area contributed by atoms with Gasteiger partial charge in [-0.2, -0.15) is 0 Å². The third-order valence-electron chi connectivity index (χ3n) is 2.52. The first-order chi connectivity index (χ1) is 12.0. The third kappa shape index (κ3) is 6.26. The molecule has 4 N–H and O–H groups in total. The van der Waals surface area contributed by atoms with Gasteiger partial charge in [-0.3, -0.25) is 0 Å². The van der Waals surface area contributed by atoms with Crippen LogP contribution >= 0.6 is 58.0 Å². The number of nitrogen functional groups attached to an aromatic ring is 1. The molecule has 2 rings (SSSR count). The average Bonchev–Trinajstić information content (AvgIpc) is 2.55. The van der Waals surface area contributed by atoms with Crippen molar-refractivity contribution in [3.63, 3.8) is 0 Å². The molecule has 0 fully saturated rings. The molecule has 1 aromatic heterocycles. The van der Waals surface area contributed by atoms with Crippen LogP contribution in [0.15, 0.2) is 18.2 Å². The van der Waals surface area contributed by atoms with E-state index in [4.69, 9.17) is 78.7 Å². The average molecular weight is 463 g/mol. The Balaban J connectivity index is 0.000000260. The molecule has 140 valence electrons. The number of carboxylic acid groups (broad SMARTS) is 2. The number of hydrogen-bond acceptors (Lipinski definition) is 5. The molecule has 0 aliphatic rings. The zero-order valence-electron chi connectivity index (χ0n) is 12.5. The van der Waals surface area contributed by atoms with Gasteiger partial charge in [-0.15, -0.1) is 0 Å². The first-order valence-corrected chi connectivity index (χ1v) is 8.26. The summed E-state index contributed by atoms with van der Waals surface area (Å²) in [5.74, 6) is -2.05. The summed E-state index contributed by atoms with van der Waals surface area (Å²) in [7, 11) is 0. The topological polar surface area (TPSA) is 123 Å². The number of carboxylic acids is 2. The van der Waals surface area contributed by atoms with E-state index in [9.17, 15) is 9.59 Å². The van der Waals surface area contributed by atoms with Gasteiger partial charge in [0.25, 0.3) is 0 Å². The summed E-state index contributed by atoms with van der Waals surface area (Å²) in [6.07, 6.45) is 0. The summed E-state index contributed by atoms with van der Waals surface area (Å²) < 4.78 is 4.86. The number of anilines is 1. The second-order valence-electron chi connectivity index (χ2n) is 4.36. The van der Waals surface area contributed by atoms with Crippen molar-refractivity contribution in [1.29, 1.82) is 0 Å². The fourth-order valence-corrected chi connectivity index (χ4v) is 2.46. The molecule has 0 bridgehead atoms. The highest BCUT2D eigenvalue weighted by Gasteiger charge is 2.18. The lowest BCUT2D eigenvalue weighted by Gasteiger charge is -2.04. The standard InChI is InChI=1S/C8H6Cl2O3.C6H3Cl3N2O2/c9-5-1-2-7(6(10)3-5)13-4-8(11)12;7-1-3(10)2(8)5(9)11-4(1)6(12)13/h1-3H,4H2,(H,11,12);(H2,10,11)(H,12,13). The molecule has 0 saturated carbocycles. The van der Waals surface area contributed by atoms with Crippen LogP contribution in [0.25, 0.3) is 0 Å². The number of nitrogens with zero attached hydrogens (tertiary/aromatic N) is 1. The molecule has 0 unspecified atom stereocenters. The molecule has 1 aromatic carbocycles. The maximum absolute atomic E-state index is 10.5. The smallest absolute Gasteiger partial charge is 0.356 e. The highest BCUT2D eigenvalue weighted by Crippen LogP contribution is 2.34. The van der Waals surface area contributed by atoms with Gasteiger partial charge in [-0.1, -0.05) is 58.0 Å². The van der Waals surface area contributed by atoms with Gasteiger partial charge in [0.1, 0.15) is 10.8 Å². The van der Waals surface area contributed by atoms with Crippen molar-refractivity contribution in [2.45, 2.75) is 0 Å². The second kappa shape index (κ2) is 9.89. The molecular formula is C14H9Cl5N2O5. The molecule has 0 aliphatic carbocycles. The van der Waals surface area contributed by atoms with Crippen molar-refractivity contribution in [3.05, 3.63) is 49.1 Å². The van der Waals surface area contributed by atoms with E-state index in [0.29, 0.717) is 15.8 Å². The van der Waals surface area contributed by atoms with Crippen LogP contribution in [0.4, 0.5) is 5.69 Å². The van der Waals surface area contributed by atoms with E-state index in [0.717, 1.165) is 0 Å². The molecule has 0 saturated heterocycles. The van der Waals surface area contributed by atoms with Gasteiger partial charge in [0, 0.05) is 5.02 Å². The predicted molar refractivity (Wildman–Crippen MR) is 100 cm³/mol. The summed E-state index contributed by atoms with van der Waals surface area (Å²) in [4.78, 5) is 24.1. The lowest BCUT2D eigenvalue weighted by Crippen LogP contribution is -2.09. The maximum Gasteiger partial charge on any atom is 0.356 e. The van der Waals surface area contributed by atoms with Crippen LogP contribution in [-0.2, 0) is 4.79 Å². The summed E-state index contributed by atoms with van der Waals surface area (Å²) in [6.45, 7) is -0.415. The van der Waals surface area contributed by atoms with Crippen molar-refractivity contribution < 1.29 is 24.5 Å². The fraction of sp³-hybridized carbons (Fsp3) is 0.0714. The van der Waals surface area contributed by atoms with Gasteiger partial charge < -0.3 is 20.7 Å². The molecule has 2 aromatic rings. The van der Waals surface area contributed by atoms with Crippen molar-refractivity contribution in [1.82, 2.24) is 4.98 Å². The number of aliphatic carboxylic acids is 1. The zero-order valence-corrected chi connectivity index (χ0v) is 16.3. The Kier molecular flexibility index (Phi) is 8.52. The fourth-order valence-electron chi connectivity index (χ4n) is 1.40. The minimum absolute atomic E-state index is 0.0448. The minimum atomic E-state index is -1.31. The molecule has 0 aliphatic heterocycles. The molecule has 7 nitrogen and oxygen atoms in total. The monoisotopic (exact) mass is 460 g/mol. The number of ether oxygens (including phenoxy) is 1. The highest BCUT2D eigenvalue weighted by molar-refractivity contribution is 6.46. The van der Waals surface area contributed by atoms with E-state index in [1.165, 1.54) is 12.1 Å². The Morgan fingerprint density at radius 3 is 2.19 bits per heavy atom. The van der Waals surface area contributed by atoms with Crippen molar-refractivity contribution >= 4 is 75.6 Å². The first kappa shape index (κ1) is 22.4. The molecular weight excluding hydrogens is 453 g/mol. The van der Waals surface area contributed by atoms with Crippen molar-refractivity contribution in [2.24, 2.45) is 0 Å². The maximum atomic E-state index is 10.5. The number of halogens is 5. The number of hydrogen-bond donors (Lipinski definition) is 3. The van der Waals surface area contributed by atoms with Gasteiger partial charge in [0.05, 0.1) is 15.7 Å². The number of aromatic nitrogens is 1. The predicted octanol–water partition coefficient (Wildman–Crippen LogP) is 4.78. The number of benzene rings is 1. The summed E-state index contributed by atoms with van der Waals surface area (Å²) in [6, 6.07) is 4.58. The van der Waals surface area contributed by atoms with Crippen LogP contribution in [0.5, 0.6) is 5.75 Å².